The Morgan fingerprint density at radius 1 is 1.00 bits per heavy atom. The standard InChI is InChI=1S/C27H34N4O6S/c1-20(30-12-14-31(15-13-30)38(32,33)22-10-8-21(34-3)9-11-22)25-28-24-7-5-4-6-23(24)26(29-25)37-18-27(2)16-35-19-36-17-27/h4-11,20H,12-19H2,1-3H3. The number of hydrogen-bond donors (Lipinski definition) is 0. The Balaban J connectivity index is 1.30. The largest absolute Gasteiger partial charge is 0.497 e. The summed E-state index contributed by atoms with van der Waals surface area (Å²) in [5.41, 5.74) is 0.545. The van der Waals surface area contributed by atoms with Crippen molar-refractivity contribution in [3.05, 3.63) is 54.4 Å². The van der Waals surface area contributed by atoms with Gasteiger partial charge in [-0.3, -0.25) is 4.90 Å². The predicted octanol–water partition coefficient (Wildman–Crippen LogP) is 3.10. The van der Waals surface area contributed by atoms with E-state index in [1.165, 1.54) is 4.31 Å². The van der Waals surface area contributed by atoms with Crippen LogP contribution in [0.4, 0.5) is 0 Å². The Kier molecular flexibility index (Phi) is 7.83. The van der Waals surface area contributed by atoms with E-state index in [9.17, 15) is 8.42 Å². The average molecular weight is 543 g/mol. The molecule has 2 saturated heterocycles. The van der Waals surface area contributed by atoms with E-state index >= 15 is 0 Å². The molecular formula is C27H34N4O6S. The fraction of sp³-hybridized carbons (Fsp3) is 0.481. The van der Waals surface area contributed by atoms with Crippen LogP contribution in [0.15, 0.2) is 53.4 Å². The van der Waals surface area contributed by atoms with Crippen molar-refractivity contribution in [1.29, 1.82) is 0 Å². The van der Waals surface area contributed by atoms with Gasteiger partial charge in [-0.1, -0.05) is 19.1 Å². The van der Waals surface area contributed by atoms with Crippen LogP contribution in [0.2, 0.25) is 0 Å². The highest BCUT2D eigenvalue weighted by Gasteiger charge is 2.32. The molecule has 1 atom stereocenters. The van der Waals surface area contributed by atoms with Crippen LogP contribution < -0.4 is 9.47 Å². The van der Waals surface area contributed by atoms with Crippen LogP contribution in [-0.4, -0.2) is 87.5 Å². The van der Waals surface area contributed by atoms with Gasteiger partial charge >= 0.3 is 0 Å². The van der Waals surface area contributed by atoms with Crippen LogP contribution in [0.3, 0.4) is 0 Å². The predicted molar refractivity (Wildman–Crippen MR) is 142 cm³/mol. The second-order valence-electron chi connectivity index (χ2n) is 10.1. The molecule has 3 aromatic rings. The average Bonchev–Trinajstić information content (AvgIpc) is 2.96. The third-order valence-corrected chi connectivity index (χ3v) is 9.02. The number of ether oxygens (including phenoxy) is 4. The monoisotopic (exact) mass is 542 g/mol. The number of benzene rings is 2. The molecule has 0 radical (unpaired) electrons. The van der Waals surface area contributed by atoms with Gasteiger partial charge in [0.05, 0.1) is 48.8 Å². The Morgan fingerprint density at radius 2 is 1.68 bits per heavy atom. The van der Waals surface area contributed by atoms with Crippen molar-refractivity contribution in [3.63, 3.8) is 0 Å². The molecule has 0 aliphatic carbocycles. The molecule has 0 N–H and O–H groups in total. The fourth-order valence-corrected chi connectivity index (χ4v) is 6.18. The molecule has 0 bridgehead atoms. The van der Waals surface area contributed by atoms with Gasteiger partial charge in [-0.05, 0) is 43.3 Å². The zero-order valence-electron chi connectivity index (χ0n) is 22.0. The van der Waals surface area contributed by atoms with Crippen molar-refractivity contribution in [2.24, 2.45) is 5.41 Å². The normalized spacial score (nSPS) is 19.8. The van der Waals surface area contributed by atoms with E-state index in [2.05, 4.69) is 11.8 Å². The number of methoxy groups -OCH3 is 1. The van der Waals surface area contributed by atoms with Crippen LogP contribution in [0.1, 0.15) is 25.7 Å². The van der Waals surface area contributed by atoms with E-state index in [4.69, 9.17) is 28.9 Å². The number of piperazine rings is 1. The molecule has 3 heterocycles. The van der Waals surface area contributed by atoms with Gasteiger partial charge in [0.15, 0.2) is 0 Å². The molecule has 11 heteroatoms. The van der Waals surface area contributed by atoms with E-state index in [-0.39, 0.29) is 16.4 Å². The summed E-state index contributed by atoms with van der Waals surface area (Å²) in [5.74, 6) is 1.80. The number of sulfonamides is 1. The van der Waals surface area contributed by atoms with Crippen LogP contribution in [-0.2, 0) is 19.5 Å². The number of fused-ring (bicyclic) bond motifs is 1. The van der Waals surface area contributed by atoms with E-state index in [1.807, 2.05) is 31.2 Å². The molecule has 2 aliphatic rings. The third-order valence-electron chi connectivity index (χ3n) is 7.10. The second kappa shape index (κ2) is 11.1. The summed E-state index contributed by atoms with van der Waals surface area (Å²) in [6.45, 7) is 7.84. The smallest absolute Gasteiger partial charge is 0.243 e. The quantitative estimate of drug-likeness (QED) is 0.425. The Morgan fingerprint density at radius 3 is 2.37 bits per heavy atom. The van der Waals surface area contributed by atoms with Gasteiger partial charge in [-0.15, -0.1) is 0 Å². The van der Waals surface area contributed by atoms with E-state index < -0.39 is 10.0 Å². The first-order chi connectivity index (χ1) is 18.3. The molecule has 2 fully saturated rings. The van der Waals surface area contributed by atoms with Gasteiger partial charge in [0, 0.05) is 31.6 Å². The van der Waals surface area contributed by atoms with Crippen LogP contribution in [0, 0.1) is 5.41 Å². The number of para-hydroxylation sites is 1. The van der Waals surface area contributed by atoms with Gasteiger partial charge in [0.2, 0.25) is 15.9 Å². The summed E-state index contributed by atoms with van der Waals surface area (Å²) in [4.78, 5) is 12.1. The SMILES string of the molecule is COc1ccc(S(=O)(=O)N2CCN(C(C)c3nc(OCC4(C)COCOC4)c4ccccc4n3)CC2)cc1. The first-order valence-electron chi connectivity index (χ1n) is 12.7. The van der Waals surface area contributed by atoms with Gasteiger partial charge < -0.3 is 18.9 Å². The summed E-state index contributed by atoms with van der Waals surface area (Å²) in [5, 5.41) is 0.847. The summed E-state index contributed by atoms with van der Waals surface area (Å²) in [6.07, 6.45) is 0. The first-order valence-corrected chi connectivity index (χ1v) is 14.2. The highest BCUT2D eigenvalue weighted by molar-refractivity contribution is 7.89. The zero-order valence-corrected chi connectivity index (χ0v) is 22.8. The molecule has 38 heavy (non-hydrogen) atoms. The molecule has 0 saturated carbocycles. The third kappa shape index (κ3) is 5.62. The molecule has 204 valence electrons. The molecule has 5 rings (SSSR count). The lowest BCUT2D eigenvalue weighted by Crippen LogP contribution is -2.49. The number of aromatic nitrogens is 2. The second-order valence-corrected chi connectivity index (χ2v) is 12.0. The zero-order chi connectivity index (χ0) is 26.8. The maximum Gasteiger partial charge on any atom is 0.243 e. The van der Waals surface area contributed by atoms with Crippen molar-refractivity contribution >= 4 is 20.9 Å². The Bertz CT molecular complexity index is 1350. The molecule has 2 aromatic carbocycles. The van der Waals surface area contributed by atoms with Crippen molar-refractivity contribution in [1.82, 2.24) is 19.2 Å². The van der Waals surface area contributed by atoms with Crippen LogP contribution in [0.5, 0.6) is 11.6 Å². The van der Waals surface area contributed by atoms with Gasteiger partial charge in [0.25, 0.3) is 0 Å². The van der Waals surface area contributed by atoms with E-state index in [0.717, 1.165) is 10.9 Å². The number of rotatable bonds is 8. The van der Waals surface area contributed by atoms with E-state index in [0.29, 0.717) is 70.2 Å². The molecule has 0 spiro atoms. The van der Waals surface area contributed by atoms with Crippen molar-refractivity contribution in [3.8, 4) is 11.6 Å². The van der Waals surface area contributed by atoms with Gasteiger partial charge in [-0.25, -0.2) is 13.4 Å². The Labute approximate surface area is 223 Å². The summed E-state index contributed by atoms with van der Waals surface area (Å²) >= 11 is 0. The highest BCUT2D eigenvalue weighted by atomic mass is 32.2. The first kappa shape index (κ1) is 26.8. The minimum atomic E-state index is -3.58. The molecule has 10 nitrogen and oxygen atoms in total. The van der Waals surface area contributed by atoms with Crippen molar-refractivity contribution < 1.29 is 27.4 Å². The van der Waals surface area contributed by atoms with Crippen molar-refractivity contribution in [2.45, 2.75) is 24.8 Å². The fourth-order valence-electron chi connectivity index (χ4n) is 4.76. The van der Waals surface area contributed by atoms with Crippen LogP contribution >= 0.6 is 0 Å². The summed E-state index contributed by atoms with van der Waals surface area (Å²) < 4.78 is 50.2. The molecule has 0 amide bonds. The van der Waals surface area contributed by atoms with Crippen LogP contribution in [0.25, 0.3) is 10.9 Å². The maximum absolute atomic E-state index is 13.2. The molecule has 2 aliphatic heterocycles. The highest BCUT2D eigenvalue weighted by Crippen LogP contribution is 2.30. The lowest BCUT2D eigenvalue weighted by atomic mass is 9.94. The topological polar surface area (TPSA) is 103 Å². The summed E-state index contributed by atoms with van der Waals surface area (Å²) in [6, 6.07) is 14.2. The molecule has 1 aromatic heterocycles. The van der Waals surface area contributed by atoms with Crippen molar-refractivity contribution in [2.75, 3.05) is 59.9 Å². The number of hydrogen-bond acceptors (Lipinski definition) is 9. The lowest BCUT2D eigenvalue weighted by Gasteiger charge is -2.37. The minimum Gasteiger partial charge on any atom is -0.497 e. The summed E-state index contributed by atoms with van der Waals surface area (Å²) in [7, 11) is -2.03. The van der Waals surface area contributed by atoms with Gasteiger partial charge in [-0.2, -0.15) is 9.29 Å². The van der Waals surface area contributed by atoms with Gasteiger partial charge in [0.1, 0.15) is 18.4 Å². The maximum atomic E-state index is 13.2. The van der Waals surface area contributed by atoms with E-state index in [1.54, 1.807) is 31.4 Å². The molecular weight excluding hydrogens is 508 g/mol. The molecule has 1 unspecified atom stereocenters. The minimum absolute atomic E-state index is 0.121. The Hall–Kier alpha value is -2.83. The lowest BCUT2D eigenvalue weighted by molar-refractivity contribution is -0.167. The number of nitrogens with zero attached hydrogens (tertiary/aromatic N) is 4.